The third kappa shape index (κ3) is 1.67. The van der Waals surface area contributed by atoms with Crippen molar-refractivity contribution in [1.82, 2.24) is 4.73 Å². The lowest BCUT2D eigenvalue weighted by Crippen LogP contribution is -2.42. The van der Waals surface area contributed by atoms with E-state index in [1.54, 1.807) is 0 Å². The van der Waals surface area contributed by atoms with Crippen molar-refractivity contribution in [3.63, 3.8) is 0 Å². The van der Waals surface area contributed by atoms with Gasteiger partial charge in [-0.05, 0) is 37.9 Å². The fourth-order valence-electron chi connectivity index (χ4n) is 1.37. The molecule has 0 saturated carbocycles. The SMILES string of the molecule is N#Cc1c(=O)n(O)c2cc(Br)c(Br)cc2[n+]1[O-]. The van der Waals surface area contributed by atoms with Crippen molar-refractivity contribution in [2.75, 3.05) is 0 Å². The van der Waals surface area contributed by atoms with Crippen LogP contribution in [0.1, 0.15) is 5.69 Å². The molecule has 0 aliphatic rings. The number of halogens is 2. The topological polar surface area (TPSA) is 93.0 Å². The summed E-state index contributed by atoms with van der Waals surface area (Å²) in [6.45, 7) is 0. The van der Waals surface area contributed by atoms with Gasteiger partial charge in [0.05, 0.1) is 0 Å². The van der Waals surface area contributed by atoms with E-state index in [1.807, 2.05) is 0 Å². The molecule has 0 unspecified atom stereocenters. The molecule has 0 amide bonds. The first-order valence-electron chi connectivity index (χ1n) is 4.24. The van der Waals surface area contributed by atoms with Crippen LogP contribution in [0.5, 0.6) is 0 Å². The summed E-state index contributed by atoms with van der Waals surface area (Å²) in [5, 5.41) is 30.0. The molecular weight excluding hydrogens is 358 g/mol. The number of aromatic nitrogens is 2. The zero-order chi connectivity index (χ0) is 12.7. The molecule has 0 radical (unpaired) electrons. The van der Waals surface area contributed by atoms with Gasteiger partial charge in [-0.1, -0.05) is 0 Å². The third-order valence-corrected chi connectivity index (χ3v) is 4.01. The predicted molar refractivity (Wildman–Crippen MR) is 64.5 cm³/mol. The molecule has 1 aromatic heterocycles. The first-order chi connectivity index (χ1) is 7.97. The molecule has 2 rings (SSSR count). The molecule has 0 bridgehead atoms. The third-order valence-electron chi connectivity index (χ3n) is 2.17. The van der Waals surface area contributed by atoms with Crippen molar-refractivity contribution in [2.24, 2.45) is 0 Å². The molecule has 1 aromatic carbocycles. The first-order valence-corrected chi connectivity index (χ1v) is 5.82. The highest BCUT2D eigenvalue weighted by Gasteiger charge is 2.21. The van der Waals surface area contributed by atoms with Crippen LogP contribution in [0, 0.1) is 16.5 Å². The normalized spacial score (nSPS) is 10.4. The summed E-state index contributed by atoms with van der Waals surface area (Å²) in [7, 11) is 0. The average molecular weight is 361 g/mol. The maximum atomic E-state index is 11.7. The van der Waals surface area contributed by atoms with E-state index < -0.39 is 11.3 Å². The molecule has 1 N–H and O–H groups in total. The van der Waals surface area contributed by atoms with Crippen molar-refractivity contribution < 1.29 is 9.94 Å². The molecule has 2 aromatic rings. The number of nitrogens with zero attached hydrogens (tertiary/aromatic N) is 3. The molecule has 0 aliphatic heterocycles. The summed E-state index contributed by atoms with van der Waals surface area (Å²) in [5.74, 6) is 0. The highest BCUT2D eigenvalue weighted by atomic mass is 79.9. The van der Waals surface area contributed by atoms with Crippen molar-refractivity contribution in [3.8, 4) is 6.07 Å². The summed E-state index contributed by atoms with van der Waals surface area (Å²) in [4.78, 5) is 11.5. The van der Waals surface area contributed by atoms with E-state index in [1.165, 1.54) is 18.2 Å². The van der Waals surface area contributed by atoms with Gasteiger partial charge in [0.25, 0.3) is 0 Å². The van der Waals surface area contributed by atoms with Gasteiger partial charge in [0.15, 0.2) is 11.6 Å². The van der Waals surface area contributed by atoms with E-state index in [2.05, 4.69) is 31.9 Å². The molecule has 0 spiro atoms. The van der Waals surface area contributed by atoms with Crippen molar-refractivity contribution in [1.29, 1.82) is 5.26 Å². The van der Waals surface area contributed by atoms with Crippen LogP contribution in [0.15, 0.2) is 25.9 Å². The van der Waals surface area contributed by atoms with Gasteiger partial charge >= 0.3 is 11.3 Å². The van der Waals surface area contributed by atoms with Crippen LogP contribution in [0.3, 0.4) is 0 Å². The van der Waals surface area contributed by atoms with Crippen LogP contribution in [-0.2, 0) is 0 Å². The van der Waals surface area contributed by atoms with Crippen molar-refractivity contribution in [2.45, 2.75) is 0 Å². The zero-order valence-electron chi connectivity index (χ0n) is 8.02. The Labute approximate surface area is 111 Å². The summed E-state index contributed by atoms with van der Waals surface area (Å²) in [6, 6.07) is 4.26. The Morgan fingerprint density at radius 3 is 2.59 bits per heavy atom. The minimum atomic E-state index is -1.05. The second kappa shape index (κ2) is 4.01. The Bertz CT molecular complexity index is 733. The molecule has 1 heterocycles. The Hall–Kier alpha value is -1.59. The number of nitriles is 1. The maximum absolute atomic E-state index is 11.7. The number of hydrogen-bond donors (Lipinski definition) is 1. The zero-order valence-corrected chi connectivity index (χ0v) is 11.2. The molecule has 0 fully saturated rings. The van der Waals surface area contributed by atoms with Crippen molar-refractivity contribution in [3.05, 3.63) is 42.3 Å². The minimum Gasteiger partial charge on any atom is -0.617 e. The Kier molecular flexibility index (Phi) is 2.81. The van der Waals surface area contributed by atoms with Gasteiger partial charge in [-0.3, -0.25) is 4.79 Å². The van der Waals surface area contributed by atoms with Gasteiger partial charge in [-0.25, -0.2) is 0 Å². The Morgan fingerprint density at radius 1 is 1.41 bits per heavy atom. The van der Waals surface area contributed by atoms with Gasteiger partial charge in [-0.15, -0.1) is 9.46 Å². The molecule has 86 valence electrons. The van der Waals surface area contributed by atoms with Gasteiger partial charge in [-0.2, -0.15) is 5.26 Å². The molecule has 6 nitrogen and oxygen atoms in total. The van der Waals surface area contributed by atoms with E-state index in [4.69, 9.17) is 5.26 Å². The number of fused-ring (bicyclic) bond motifs is 1. The van der Waals surface area contributed by atoms with Crippen LogP contribution in [0.2, 0.25) is 0 Å². The smallest absolute Gasteiger partial charge is 0.368 e. The lowest BCUT2D eigenvalue weighted by Gasteiger charge is -2.07. The van der Waals surface area contributed by atoms with E-state index >= 15 is 0 Å². The fraction of sp³-hybridized carbons (Fsp3) is 0. The maximum Gasteiger partial charge on any atom is 0.368 e. The molecule has 17 heavy (non-hydrogen) atoms. The minimum absolute atomic E-state index is 0.0127. The van der Waals surface area contributed by atoms with Crippen LogP contribution in [0.4, 0.5) is 0 Å². The van der Waals surface area contributed by atoms with E-state index in [-0.39, 0.29) is 20.5 Å². The summed E-state index contributed by atoms with van der Waals surface area (Å²) >= 11 is 6.37. The van der Waals surface area contributed by atoms with Crippen LogP contribution in [0.25, 0.3) is 11.0 Å². The van der Waals surface area contributed by atoms with Crippen molar-refractivity contribution >= 4 is 42.9 Å². The fourth-order valence-corrected chi connectivity index (χ4v) is 2.03. The number of rotatable bonds is 0. The summed E-state index contributed by atoms with van der Waals surface area (Å²) in [6.07, 6.45) is 0. The van der Waals surface area contributed by atoms with E-state index in [0.29, 0.717) is 8.95 Å². The summed E-state index contributed by atoms with van der Waals surface area (Å²) < 4.78 is 1.61. The Morgan fingerprint density at radius 2 is 2.00 bits per heavy atom. The summed E-state index contributed by atoms with van der Waals surface area (Å²) in [5.41, 5.74) is -1.71. The number of hydrogen-bond acceptors (Lipinski definition) is 4. The highest BCUT2D eigenvalue weighted by Crippen LogP contribution is 2.26. The highest BCUT2D eigenvalue weighted by molar-refractivity contribution is 9.13. The monoisotopic (exact) mass is 359 g/mol. The lowest BCUT2D eigenvalue weighted by molar-refractivity contribution is -0.581. The quantitative estimate of drug-likeness (QED) is 0.435. The predicted octanol–water partition coefficient (Wildman–Crippen LogP) is 1.27. The van der Waals surface area contributed by atoms with E-state index in [9.17, 15) is 15.2 Å². The van der Waals surface area contributed by atoms with Crippen LogP contribution >= 0.6 is 31.9 Å². The van der Waals surface area contributed by atoms with Crippen LogP contribution in [-0.4, -0.2) is 9.94 Å². The number of benzene rings is 1. The molecular formula is C9H3Br2N3O3. The molecule has 0 atom stereocenters. The first kappa shape index (κ1) is 11.9. The van der Waals surface area contributed by atoms with Crippen LogP contribution < -0.4 is 10.3 Å². The largest absolute Gasteiger partial charge is 0.617 e. The van der Waals surface area contributed by atoms with Gasteiger partial charge < -0.3 is 10.4 Å². The molecule has 8 heteroatoms. The Balaban J connectivity index is 3.11. The lowest BCUT2D eigenvalue weighted by atomic mass is 10.3. The van der Waals surface area contributed by atoms with Gasteiger partial charge in [0.2, 0.25) is 5.52 Å². The van der Waals surface area contributed by atoms with Gasteiger partial charge in [0.1, 0.15) is 0 Å². The molecule has 0 aliphatic carbocycles. The second-order valence-corrected chi connectivity index (χ2v) is 4.84. The second-order valence-electron chi connectivity index (χ2n) is 3.13. The van der Waals surface area contributed by atoms with Gasteiger partial charge in [0, 0.05) is 15.0 Å². The average Bonchev–Trinajstić information content (AvgIpc) is 2.30. The van der Waals surface area contributed by atoms with E-state index in [0.717, 1.165) is 0 Å². The molecule has 0 saturated heterocycles. The standard InChI is InChI=1S/C9H3Br2N3O3/c10-4-1-6-7(2-5(4)11)14(17)9(15)8(3-12)13(6)16/h1-2,17H.